The predicted octanol–water partition coefficient (Wildman–Crippen LogP) is 7.25. The smallest absolute Gasteiger partial charge is 0.141 e. The molecule has 148 valence electrons. The van der Waals surface area contributed by atoms with E-state index in [1.165, 1.54) is 47.6 Å². The third-order valence-corrected chi connectivity index (χ3v) is 6.36. The number of nitriles is 1. The quantitative estimate of drug-likeness (QED) is 0.410. The van der Waals surface area contributed by atoms with Crippen LogP contribution in [0.25, 0.3) is 10.8 Å². The Kier molecular flexibility index (Phi) is 5.95. The van der Waals surface area contributed by atoms with Crippen LogP contribution in [0.2, 0.25) is 0 Å². The molecule has 0 aromatic heterocycles. The van der Waals surface area contributed by atoms with Crippen LogP contribution in [0.3, 0.4) is 0 Å². The molecule has 2 heteroatoms. The van der Waals surface area contributed by atoms with E-state index in [0.717, 1.165) is 36.8 Å². The molecule has 0 spiro atoms. The molecule has 0 radical (unpaired) electrons. The minimum atomic E-state index is -0.392. The van der Waals surface area contributed by atoms with E-state index in [9.17, 15) is 4.39 Å². The second kappa shape index (κ2) is 8.78. The first-order chi connectivity index (χ1) is 14.2. The van der Waals surface area contributed by atoms with E-state index >= 15 is 0 Å². The Morgan fingerprint density at radius 3 is 2.62 bits per heavy atom. The lowest BCUT2D eigenvalue weighted by Gasteiger charge is -2.25. The SMILES string of the molecule is CCCCCCc1ccc2cc(C3CCc4cc(C#N)c(F)cc4C3)ccc2c1. The van der Waals surface area contributed by atoms with Crippen molar-refractivity contribution in [3.63, 3.8) is 0 Å². The van der Waals surface area contributed by atoms with E-state index in [1.54, 1.807) is 12.1 Å². The van der Waals surface area contributed by atoms with Gasteiger partial charge in [0.2, 0.25) is 0 Å². The van der Waals surface area contributed by atoms with Crippen LogP contribution < -0.4 is 0 Å². The second-order valence-electron chi connectivity index (χ2n) is 8.40. The summed E-state index contributed by atoms with van der Waals surface area (Å²) in [5.41, 5.74) is 5.12. The molecule has 0 saturated heterocycles. The minimum absolute atomic E-state index is 0.165. The molecular formula is C27H28FN. The van der Waals surface area contributed by atoms with Gasteiger partial charge in [-0.25, -0.2) is 4.39 Å². The van der Waals surface area contributed by atoms with E-state index in [-0.39, 0.29) is 5.56 Å². The van der Waals surface area contributed by atoms with Crippen molar-refractivity contribution >= 4 is 10.8 Å². The number of halogens is 1. The van der Waals surface area contributed by atoms with Crippen molar-refractivity contribution in [3.05, 3.63) is 82.2 Å². The summed E-state index contributed by atoms with van der Waals surface area (Å²) in [7, 11) is 0. The third kappa shape index (κ3) is 4.35. The minimum Gasteiger partial charge on any atom is -0.206 e. The van der Waals surface area contributed by atoms with E-state index in [2.05, 4.69) is 43.3 Å². The molecular weight excluding hydrogens is 357 g/mol. The number of hydrogen-bond acceptors (Lipinski definition) is 1. The highest BCUT2D eigenvalue weighted by molar-refractivity contribution is 5.84. The molecule has 1 nitrogen and oxygen atoms in total. The van der Waals surface area contributed by atoms with Crippen molar-refractivity contribution in [2.45, 2.75) is 64.2 Å². The molecule has 0 amide bonds. The molecule has 0 bridgehead atoms. The molecule has 0 saturated carbocycles. The maximum atomic E-state index is 14.1. The lowest BCUT2D eigenvalue weighted by Crippen LogP contribution is -2.13. The molecule has 0 aliphatic heterocycles. The van der Waals surface area contributed by atoms with Gasteiger partial charge in [0.25, 0.3) is 0 Å². The Morgan fingerprint density at radius 2 is 1.79 bits per heavy atom. The average molecular weight is 386 g/mol. The van der Waals surface area contributed by atoms with Crippen molar-refractivity contribution in [1.29, 1.82) is 5.26 Å². The zero-order valence-corrected chi connectivity index (χ0v) is 17.2. The molecule has 1 aliphatic carbocycles. The van der Waals surface area contributed by atoms with Gasteiger partial charge in [0.05, 0.1) is 5.56 Å². The Morgan fingerprint density at radius 1 is 0.966 bits per heavy atom. The first kappa shape index (κ1) is 19.6. The summed E-state index contributed by atoms with van der Waals surface area (Å²) in [6.45, 7) is 2.25. The lowest BCUT2D eigenvalue weighted by atomic mass is 9.79. The summed E-state index contributed by atoms with van der Waals surface area (Å²) in [5, 5.41) is 11.6. The van der Waals surface area contributed by atoms with Crippen molar-refractivity contribution in [2.24, 2.45) is 0 Å². The topological polar surface area (TPSA) is 23.8 Å². The Bertz CT molecular complexity index is 1060. The van der Waals surface area contributed by atoms with Gasteiger partial charge in [-0.05, 0) is 83.2 Å². The second-order valence-corrected chi connectivity index (χ2v) is 8.40. The highest BCUT2D eigenvalue weighted by Gasteiger charge is 2.22. The third-order valence-electron chi connectivity index (χ3n) is 6.36. The Labute approximate surface area is 173 Å². The molecule has 1 aliphatic rings. The summed E-state index contributed by atoms with van der Waals surface area (Å²) in [6, 6.07) is 18.9. The van der Waals surface area contributed by atoms with Crippen LogP contribution in [0.1, 0.15) is 72.8 Å². The highest BCUT2D eigenvalue weighted by Crippen LogP contribution is 2.35. The van der Waals surface area contributed by atoms with Gasteiger partial charge in [0.1, 0.15) is 11.9 Å². The van der Waals surface area contributed by atoms with Gasteiger partial charge in [-0.3, -0.25) is 0 Å². The van der Waals surface area contributed by atoms with Gasteiger partial charge in [0, 0.05) is 0 Å². The zero-order chi connectivity index (χ0) is 20.2. The summed E-state index contributed by atoms with van der Waals surface area (Å²) < 4.78 is 14.1. The largest absolute Gasteiger partial charge is 0.206 e. The van der Waals surface area contributed by atoms with Crippen molar-refractivity contribution in [2.75, 3.05) is 0 Å². The zero-order valence-electron chi connectivity index (χ0n) is 17.2. The van der Waals surface area contributed by atoms with E-state index in [1.807, 2.05) is 6.07 Å². The molecule has 1 unspecified atom stereocenters. The molecule has 3 aromatic rings. The molecule has 29 heavy (non-hydrogen) atoms. The first-order valence-corrected chi connectivity index (χ1v) is 10.9. The molecule has 0 heterocycles. The fourth-order valence-electron chi connectivity index (χ4n) is 4.63. The van der Waals surface area contributed by atoms with Crippen molar-refractivity contribution in [3.8, 4) is 6.07 Å². The number of nitrogens with zero attached hydrogens (tertiary/aromatic N) is 1. The van der Waals surface area contributed by atoms with Gasteiger partial charge in [0.15, 0.2) is 0 Å². The Hall–Kier alpha value is -2.66. The lowest BCUT2D eigenvalue weighted by molar-refractivity contribution is 0.571. The number of fused-ring (bicyclic) bond motifs is 2. The summed E-state index contributed by atoms with van der Waals surface area (Å²) in [5.74, 6) is 0.0184. The van der Waals surface area contributed by atoms with E-state index < -0.39 is 5.82 Å². The molecule has 0 fully saturated rings. The summed E-state index contributed by atoms with van der Waals surface area (Å²) >= 11 is 0. The maximum Gasteiger partial charge on any atom is 0.141 e. The highest BCUT2D eigenvalue weighted by atomic mass is 19.1. The van der Waals surface area contributed by atoms with Crippen LogP contribution in [-0.4, -0.2) is 0 Å². The standard InChI is InChI=1S/C27H28FN/c1-2-3-4-5-6-19-7-8-21-14-22(10-9-20(21)13-19)23-11-12-24-16-26(18-29)27(28)17-25(24)15-23/h7-10,13-14,16-17,23H,2-6,11-12,15H2,1H3. The van der Waals surface area contributed by atoms with Gasteiger partial charge < -0.3 is 0 Å². The van der Waals surface area contributed by atoms with Gasteiger partial charge >= 0.3 is 0 Å². The number of rotatable bonds is 6. The molecule has 0 N–H and O–H groups in total. The van der Waals surface area contributed by atoms with Gasteiger partial charge in [-0.2, -0.15) is 5.26 Å². The van der Waals surface area contributed by atoms with Crippen LogP contribution in [0.4, 0.5) is 4.39 Å². The number of benzene rings is 3. The van der Waals surface area contributed by atoms with E-state index in [4.69, 9.17) is 5.26 Å². The summed E-state index contributed by atoms with van der Waals surface area (Å²) in [6.07, 6.45) is 9.14. The monoisotopic (exact) mass is 385 g/mol. The fourth-order valence-corrected chi connectivity index (χ4v) is 4.63. The number of hydrogen-bond donors (Lipinski definition) is 0. The van der Waals surface area contributed by atoms with Crippen LogP contribution in [0.15, 0.2) is 48.5 Å². The van der Waals surface area contributed by atoms with Crippen LogP contribution in [-0.2, 0) is 19.3 Å². The van der Waals surface area contributed by atoms with Crippen LogP contribution in [0, 0.1) is 17.1 Å². The normalized spacial score (nSPS) is 15.8. The van der Waals surface area contributed by atoms with Gasteiger partial charge in [-0.15, -0.1) is 0 Å². The van der Waals surface area contributed by atoms with E-state index in [0.29, 0.717) is 5.92 Å². The number of unbranched alkanes of at least 4 members (excludes halogenated alkanes) is 3. The first-order valence-electron chi connectivity index (χ1n) is 10.9. The number of aryl methyl sites for hydroxylation is 2. The average Bonchev–Trinajstić information content (AvgIpc) is 2.75. The molecule has 1 atom stereocenters. The van der Waals surface area contributed by atoms with Crippen molar-refractivity contribution < 1.29 is 4.39 Å². The van der Waals surface area contributed by atoms with Crippen molar-refractivity contribution in [1.82, 2.24) is 0 Å². The maximum absolute atomic E-state index is 14.1. The fraction of sp³-hybridized carbons (Fsp3) is 0.370. The molecule has 3 aromatic carbocycles. The van der Waals surface area contributed by atoms with Crippen LogP contribution in [0.5, 0.6) is 0 Å². The van der Waals surface area contributed by atoms with Gasteiger partial charge in [-0.1, -0.05) is 62.6 Å². The summed E-state index contributed by atoms with van der Waals surface area (Å²) in [4.78, 5) is 0. The molecule has 4 rings (SSSR count). The predicted molar refractivity (Wildman–Crippen MR) is 118 cm³/mol. The Balaban J connectivity index is 1.51. The van der Waals surface area contributed by atoms with Crippen LogP contribution >= 0.6 is 0 Å².